The first kappa shape index (κ1) is 20.9. The van der Waals surface area contributed by atoms with Crippen LogP contribution in [0.2, 0.25) is 5.02 Å². The first-order valence-electron chi connectivity index (χ1n) is 8.22. The molecule has 0 aliphatic rings. The average Bonchev–Trinajstić information content (AvgIpc) is 3.17. The second-order valence-electron chi connectivity index (χ2n) is 6.29. The summed E-state index contributed by atoms with van der Waals surface area (Å²) in [6.45, 7) is 0.834. The lowest BCUT2D eigenvalue weighted by Crippen LogP contribution is -2.21. The smallest absolute Gasteiger partial charge is 0.433 e. The van der Waals surface area contributed by atoms with E-state index in [1.807, 2.05) is 0 Å². The summed E-state index contributed by atoms with van der Waals surface area (Å²) in [4.78, 5) is 14.4. The number of hydrogen-bond acceptors (Lipinski definition) is 3. The monoisotopic (exact) mass is 431 g/mol. The molecule has 2 heterocycles. The van der Waals surface area contributed by atoms with Crippen LogP contribution in [0.3, 0.4) is 0 Å². The third-order valence-corrected chi connectivity index (χ3v) is 4.46. The van der Waals surface area contributed by atoms with Crippen molar-refractivity contribution in [1.29, 1.82) is 0 Å². The van der Waals surface area contributed by atoms with Crippen LogP contribution in [0.1, 0.15) is 23.0 Å². The number of nitrogens with one attached hydrogen (secondary N) is 1. The van der Waals surface area contributed by atoms with Gasteiger partial charge in [0.2, 0.25) is 0 Å². The molecule has 2 aromatic heterocycles. The van der Waals surface area contributed by atoms with Crippen LogP contribution in [-0.4, -0.2) is 37.1 Å². The molecule has 154 valence electrons. The maximum absolute atomic E-state index is 14.3. The molecule has 3 rings (SSSR count). The lowest BCUT2D eigenvalue weighted by atomic mass is 9.99. The van der Waals surface area contributed by atoms with E-state index in [0.29, 0.717) is 4.68 Å². The van der Waals surface area contributed by atoms with Crippen LogP contribution in [0.15, 0.2) is 30.6 Å². The second kappa shape index (κ2) is 7.53. The third kappa shape index (κ3) is 3.85. The summed E-state index contributed by atoms with van der Waals surface area (Å²) in [5.74, 6) is -2.40. The number of H-pyrrole nitrogens is 1. The Morgan fingerprint density at radius 3 is 2.59 bits per heavy atom. The molecule has 0 amide bonds. The summed E-state index contributed by atoms with van der Waals surface area (Å²) in [6, 6.07) is 3.71. The summed E-state index contributed by atoms with van der Waals surface area (Å²) >= 11 is 5.99. The molecule has 0 radical (unpaired) electrons. The van der Waals surface area contributed by atoms with Crippen LogP contribution in [-0.2, 0) is 12.7 Å². The van der Waals surface area contributed by atoms with Gasteiger partial charge in [-0.05, 0) is 19.1 Å². The number of hydrogen-bond donors (Lipinski definition) is 3. The second-order valence-corrected chi connectivity index (χ2v) is 6.70. The average molecular weight is 432 g/mol. The van der Waals surface area contributed by atoms with Crippen molar-refractivity contribution in [3.63, 3.8) is 0 Å². The van der Waals surface area contributed by atoms with Crippen molar-refractivity contribution in [2.75, 3.05) is 0 Å². The first-order valence-corrected chi connectivity index (χ1v) is 8.60. The van der Waals surface area contributed by atoms with Gasteiger partial charge in [0.05, 0.1) is 35.1 Å². The molecule has 0 saturated heterocycles. The van der Waals surface area contributed by atoms with E-state index in [-0.39, 0.29) is 16.1 Å². The number of benzene rings is 1. The van der Waals surface area contributed by atoms with Crippen molar-refractivity contribution in [3.8, 4) is 22.4 Å². The van der Waals surface area contributed by atoms with E-state index in [9.17, 15) is 32.6 Å². The van der Waals surface area contributed by atoms with Crippen LogP contribution in [0, 0.1) is 5.82 Å². The van der Waals surface area contributed by atoms with Gasteiger partial charge in [0.1, 0.15) is 5.82 Å². The van der Waals surface area contributed by atoms with Crippen LogP contribution >= 0.6 is 11.6 Å². The van der Waals surface area contributed by atoms with E-state index in [0.717, 1.165) is 18.5 Å². The quantitative estimate of drug-likeness (QED) is 0.521. The Balaban J connectivity index is 2.28. The minimum Gasteiger partial charge on any atom is -0.478 e. The number of aromatic carboxylic acids is 1. The number of carbonyl (C=O) groups is 1. The summed E-state index contributed by atoms with van der Waals surface area (Å²) in [7, 11) is 0. The number of carboxylic acids is 1. The Kier molecular flexibility index (Phi) is 5.42. The van der Waals surface area contributed by atoms with Gasteiger partial charge >= 0.3 is 12.1 Å². The fourth-order valence-corrected chi connectivity index (χ4v) is 3.33. The number of halogens is 5. The van der Waals surface area contributed by atoms with Crippen LogP contribution in [0.5, 0.6) is 0 Å². The Bertz CT molecular complexity index is 1050. The van der Waals surface area contributed by atoms with E-state index >= 15 is 0 Å². The summed E-state index contributed by atoms with van der Waals surface area (Å²) in [6.07, 6.45) is -4.10. The minimum absolute atomic E-state index is 0.0982. The molecule has 0 spiro atoms. The fourth-order valence-electron chi connectivity index (χ4n) is 3.07. The number of carboxylic acid groups (broad SMARTS) is 1. The molecule has 0 aliphatic heterocycles. The molecule has 0 aliphatic carbocycles. The predicted molar refractivity (Wildman–Crippen MR) is 96.1 cm³/mol. The zero-order chi connectivity index (χ0) is 21.5. The topological polar surface area (TPSA) is 91.1 Å². The van der Waals surface area contributed by atoms with Gasteiger partial charge in [-0.25, -0.2) is 9.18 Å². The zero-order valence-corrected chi connectivity index (χ0v) is 15.5. The van der Waals surface area contributed by atoms with Gasteiger partial charge in [0, 0.05) is 22.9 Å². The highest BCUT2D eigenvalue weighted by Crippen LogP contribution is 2.42. The van der Waals surface area contributed by atoms with E-state index in [1.165, 1.54) is 19.1 Å². The van der Waals surface area contributed by atoms with Gasteiger partial charge in [0.25, 0.3) is 0 Å². The Morgan fingerprint density at radius 1 is 1.34 bits per heavy atom. The van der Waals surface area contributed by atoms with Gasteiger partial charge in [-0.15, -0.1) is 0 Å². The van der Waals surface area contributed by atoms with Gasteiger partial charge in [-0.3, -0.25) is 4.68 Å². The lowest BCUT2D eigenvalue weighted by Gasteiger charge is -2.14. The highest BCUT2D eigenvalue weighted by Gasteiger charge is 2.40. The maximum Gasteiger partial charge on any atom is 0.433 e. The van der Waals surface area contributed by atoms with Crippen molar-refractivity contribution < 1.29 is 32.6 Å². The molecule has 0 unspecified atom stereocenters. The lowest BCUT2D eigenvalue weighted by molar-refractivity contribution is -0.144. The number of aromatic amines is 1. The molecule has 0 saturated carbocycles. The summed E-state index contributed by atoms with van der Waals surface area (Å²) in [5.41, 5.74) is -3.23. The van der Waals surface area contributed by atoms with Crippen molar-refractivity contribution in [2.24, 2.45) is 0 Å². The molecule has 11 heteroatoms. The van der Waals surface area contributed by atoms with Crippen molar-refractivity contribution in [1.82, 2.24) is 14.8 Å². The van der Waals surface area contributed by atoms with Crippen molar-refractivity contribution in [3.05, 3.63) is 52.7 Å². The van der Waals surface area contributed by atoms with Crippen LogP contribution < -0.4 is 0 Å². The van der Waals surface area contributed by atoms with Gasteiger partial charge in [0.15, 0.2) is 5.69 Å². The first-order chi connectivity index (χ1) is 13.5. The molecule has 6 nitrogen and oxygen atoms in total. The van der Waals surface area contributed by atoms with Crippen molar-refractivity contribution >= 4 is 17.6 Å². The van der Waals surface area contributed by atoms with Crippen LogP contribution in [0.4, 0.5) is 17.6 Å². The molecule has 1 aromatic carbocycles. The standard InChI is InChI=1S/C18H14ClF4N3O3/c1-8(27)7-26-16(18(21,22)23)10(6-25-26)15-14(17(28)29)9(5-24-15)13-11(19)3-2-4-12(13)20/h2-6,8,24,27H,7H2,1H3,(H,28,29)/t8-/m1/s1. The Labute approximate surface area is 166 Å². The molecule has 0 bridgehead atoms. The predicted octanol–water partition coefficient (Wildman–Crippen LogP) is 4.44. The van der Waals surface area contributed by atoms with Gasteiger partial charge < -0.3 is 15.2 Å². The Hall–Kier alpha value is -2.85. The number of aliphatic hydroxyl groups excluding tert-OH is 1. The SMILES string of the molecule is C[C@@H](O)Cn1ncc(-c2[nH]cc(-c3c(F)cccc3Cl)c2C(=O)O)c1C(F)(F)F. The van der Waals surface area contributed by atoms with E-state index in [4.69, 9.17) is 11.6 Å². The van der Waals surface area contributed by atoms with Gasteiger partial charge in [-0.1, -0.05) is 17.7 Å². The number of rotatable bonds is 5. The maximum atomic E-state index is 14.3. The van der Waals surface area contributed by atoms with Gasteiger partial charge in [-0.2, -0.15) is 18.3 Å². The van der Waals surface area contributed by atoms with Crippen LogP contribution in [0.25, 0.3) is 22.4 Å². The fraction of sp³-hybridized carbons (Fsp3) is 0.222. The molecule has 3 aromatic rings. The number of nitrogens with zero attached hydrogens (tertiary/aromatic N) is 2. The zero-order valence-electron chi connectivity index (χ0n) is 14.8. The molecule has 29 heavy (non-hydrogen) atoms. The normalized spacial score (nSPS) is 12.9. The molecule has 0 fully saturated rings. The van der Waals surface area contributed by atoms with Crippen molar-refractivity contribution in [2.45, 2.75) is 25.7 Å². The molecule has 1 atom stereocenters. The highest BCUT2D eigenvalue weighted by atomic mass is 35.5. The highest BCUT2D eigenvalue weighted by molar-refractivity contribution is 6.33. The molecular formula is C18H14ClF4N3O3. The number of aromatic nitrogens is 3. The number of alkyl halides is 3. The van der Waals surface area contributed by atoms with E-state index in [1.54, 1.807) is 0 Å². The minimum atomic E-state index is -4.89. The summed E-state index contributed by atoms with van der Waals surface area (Å²) < 4.78 is 55.9. The van der Waals surface area contributed by atoms with E-state index in [2.05, 4.69) is 10.1 Å². The largest absolute Gasteiger partial charge is 0.478 e. The molecule has 3 N–H and O–H groups in total. The number of aliphatic hydroxyl groups is 1. The van der Waals surface area contributed by atoms with E-state index < -0.39 is 53.1 Å². The third-order valence-electron chi connectivity index (χ3n) is 4.14. The summed E-state index contributed by atoms with van der Waals surface area (Å²) in [5, 5.41) is 22.6. The Morgan fingerprint density at radius 2 is 2.03 bits per heavy atom. The molecular weight excluding hydrogens is 418 g/mol.